The number of rotatable bonds is 5. The molecule has 0 aliphatic heterocycles. The number of aryl methyl sites for hydroxylation is 1. The summed E-state index contributed by atoms with van der Waals surface area (Å²) >= 11 is 0. The third-order valence-electron chi connectivity index (χ3n) is 3.92. The standard InChI is InChI=1S/C15H22N2O2/c1-3-19-13-6-5-12(9-11(13)2)17-14(18)15(10-16)7-4-8-15/h5-6,9H,3-4,7-8,10,16H2,1-2H3,(H,17,18). The van der Waals surface area contributed by atoms with E-state index in [0.717, 1.165) is 36.3 Å². The highest BCUT2D eigenvalue weighted by atomic mass is 16.5. The van der Waals surface area contributed by atoms with Gasteiger partial charge in [-0.1, -0.05) is 6.42 Å². The van der Waals surface area contributed by atoms with Gasteiger partial charge >= 0.3 is 0 Å². The Morgan fingerprint density at radius 1 is 1.47 bits per heavy atom. The van der Waals surface area contributed by atoms with Crippen LogP contribution in [0.25, 0.3) is 0 Å². The first-order valence-electron chi connectivity index (χ1n) is 6.86. The summed E-state index contributed by atoms with van der Waals surface area (Å²) in [6.07, 6.45) is 2.88. The van der Waals surface area contributed by atoms with Crippen LogP contribution >= 0.6 is 0 Å². The minimum Gasteiger partial charge on any atom is -0.494 e. The van der Waals surface area contributed by atoms with Crippen LogP contribution in [0.1, 0.15) is 31.7 Å². The number of carbonyl (C=O) groups excluding carboxylic acids is 1. The number of carbonyl (C=O) groups is 1. The van der Waals surface area contributed by atoms with Gasteiger partial charge in [-0.3, -0.25) is 4.79 Å². The molecule has 1 aliphatic carbocycles. The molecule has 0 unspecified atom stereocenters. The van der Waals surface area contributed by atoms with Crippen molar-refractivity contribution in [3.8, 4) is 5.75 Å². The molecule has 1 saturated carbocycles. The maximum atomic E-state index is 12.2. The Bertz CT molecular complexity index is 462. The van der Waals surface area contributed by atoms with Crippen LogP contribution in [0.15, 0.2) is 18.2 Å². The molecule has 0 heterocycles. The molecule has 0 bridgehead atoms. The Labute approximate surface area is 114 Å². The van der Waals surface area contributed by atoms with E-state index in [1.54, 1.807) is 0 Å². The minimum atomic E-state index is -0.341. The fourth-order valence-corrected chi connectivity index (χ4v) is 2.44. The summed E-state index contributed by atoms with van der Waals surface area (Å²) in [6, 6.07) is 5.70. The number of nitrogens with two attached hydrogens (primary N) is 1. The fraction of sp³-hybridized carbons (Fsp3) is 0.533. The molecule has 0 aromatic heterocycles. The molecule has 1 aromatic carbocycles. The summed E-state index contributed by atoms with van der Waals surface area (Å²) in [6.45, 7) is 5.00. The molecule has 0 atom stereocenters. The summed E-state index contributed by atoms with van der Waals surface area (Å²) < 4.78 is 5.48. The number of amides is 1. The lowest BCUT2D eigenvalue weighted by Crippen LogP contribution is -2.47. The molecule has 0 radical (unpaired) electrons. The first-order chi connectivity index (χ1) is 9.11. The molecule has 19 heavy (non-hydrogen) atoms. The van der Waals surface area contributed by atoms with E-state index in [1.165, 1.54) is 0 Å². The molecule has 1 aliphatic rings. The number of ether oxygens (including phenoxy) is 1. The average molecular weight is 262 g/mol. The number of anilines is 1. The van der Waals surface area contributed by atoms with Crippen LogP contribution in [0.3, 0.4) is 0 Å². The van der Waals surface area contributed by atoms with Crippen molar-refractivity contribution >= 4 is 11.6 Å². The molecule has 3 N–H and O–H groups in total. The monoisotopic (exact) mass is 262 g/mol. The van der Waals surface area contributed by atoms with E-state index in [9.17, 15) is 4.79 Å². The van der Waals surface area contributed by atoms with Gasteiger partial charge in [-0.05, 0) is 50.5 Å². The predicted octanol–water partition coefficient (Wildman–Crippen LogP) is 2.46. The molecule has 1 fully saturated rings. The quantitative estimate of drug-likeness (QED) is 0.856. The minimum absolute atomic E-state index is 0.0461. The molecular formula is C15H22N2O2. The smallest absolute Gasteiger partial charge is 0.231 e. The van der Waals surface area contributed by atoms with Crippen LogP contribution in [0.2, 0.25) is 0 Å². The predicted molar refractivity (Wildman–Crippen MR) is 76.3 cm³/mol. The zero-order chi connectivity index (χ0) is 13.9. The van der Waals surface area contributed by atoms with Gasteiger partial charge in [0.25, 0.3) is 0 Å². The van der Waals surface area contributed by atoms with Crippen molar-refractivity contribution in [1.82, 2.24) is 0 Å². The van der Waals surface area contributed by atoms with Crippen LogP contribution in [0, 0.1) is 12.3 Å². The van der Waals surface area contributed by atoms with Gasteiger partial charge in [0, 0.05) is 12.2 Å². The largest absolute Gasteiger partial charge is 0.494 e. The van der Waals surface area contributed by atoms with Gasteiger partial charge < -0.3 is 15.8 Å². The van der Waals surface area contributed by atoms with Gasteiger partial charge in [0.1, 0.15) is 5.75 Å². The van der Waals surface area contributed by atoms with E-state index < -0.39 is 0 Å². The van der Waals surface area contributed by atoms with Crippen molar-refractivity contribution < 1.29 is 9.53 Å². The van der Waals surface area contributed by atoms with Gasteiger partial charge in [-0.15, -0.1) is 0 Å². The second kappa shape index (κ2) is 5.61. The molecular weight excluding hydrogens is 240 g/mol. The second-order valence-electron chi connectivity index (χ2n) is 5.21. The number of hydrogen-bond acceptors (Lipinski definition) is 3. The molecule has 4 heteroatoms. The fourth-order valence-electron chi connectivity index (χ4n) is 2.44. The highest BCUT2D eigenvalue weighted by molar-refractivity contribution is 5.96. The van der Waals surface area contributed by atoms with Gasteiger partial charge in [-0.25, -0.2) is 0 Å². The van der Waals surface area contributed by atoms with Crippen molar-refractivity contribution in [2.45, 2.75) is 33.1 Å². The van der Waals surface area contributed by atoms with Crippen molar-refractivity contribution in [3.63, 3.8) is 0 Å². The van der Waals surface area contributed by atoms with Gasteiger partial charge in [0.15, 0.2) is 0 Å². The second-order valence-corrected chi connectivity index (χ2v) is 5.21. The number of hydrogen-bond donors (Lipinski definition) is 2. The van der Waals surface area contributed by atoms with E-state index in [4.69, 9.17) is 10.5 Å². The number of nitrogens with one attached hydrogen (secondary N) is 1. The van der Waals surface area contributed by atoms with E-state index in [0.29, 0.717) is 13.2 Å². The zero-order valence-corrected chi connectivity index (χ0v) is 11.7. The lowest BCUT2D eigenvalue weighted by Gasteiger charge is -2.39. The van der Waals surface area contributed by atoms with Crippen LogP contribution < -0.4 is 15.8 Å². The van der Waals surface area contributed by atoms with Crippen LogP contribution in [0.5, 0.6) is 5.75 Å². The maximum Gasteiger partial charge on any atom is 0.231 e. The van der Waals surface area contributed by atoms with Crippen molar-refractivity contribution in [3.05, 3.63) is 23.8 Å². The Kier molecular flexibility index (Phi) is 4.10. The van der Waals surface area contributed by atoms with Crippen molar-refractivity contribution in [2.75, 3.05) is 18.5 Å². The number of benzene rings is 1. The molecule has 1 aromatic rings. The zero-order valence-electron chi connectivity index (χ0n) is 11.7. The van der Waals surface area contributed by atoms with E-state index in [2.05, 4.69) is 5.32 Å². The summed E-state index contributed by atoms with van der Waals surface area (Å²) in [4.78, 5) is 12.2. The lowest BCUT2D eigenvalue weighted by atomic mass is 9.68. The molecule has 2 rings (SSSR count). The Hall–Kier alpha value is -1.55. The molecule has 4 nitrogen and oxygen atoms in total. The van der Waals surface area contributed by atoms with Gasteiger partial charge in [0.05, 0.1) is 12.0 Å². The van der Waals surface area contributed by atoms with Crippen molar-refractivity contribution in [1.29, 1.82) is 0 Å². The SMILES string of the molecule is CCOc1ccc(NC(=O)C2(CN)CCC2)cc1C. The molecule has 0 saturated heterocycles. The van der Waals surface area contributed by atoms with Crippen molar-refractivity contribution in [2.24, 2.45) is 11.1 Å². The topological polar surface area (TPSA) is 64.3 Å². The van der Waals surface area contributed by atoms with Crippen LogP contribution in [-0.2, 0) is 4.79 Å². The first-order valence-corrected chi connectivity index (χ1v) is 6.86. The Morgan fingerprint density at radius 2 is 2.21 bits per heavy atom. The third kappa shape index (κ3) is 2.73. The molecule has 1 amide bonds. The highest BCUT2D eigenvalue weighted by Crippen LogP contribution is 2.40. The van der Waals surface area contributed by atoms with E-state index in [-0.39, 0.29) is 11.3 Å². The maximum absolute atomic E-state index is 12.2. The first kappa shape index (κ1) is 13.9. The van der Waals surface area contributed by atoms with Gasteiger partial charge in [0.2, 0.25) is 5.91 Å². The average Bonchev–Trinajstić information content (AvgIpc) is 2.32. The third-order valence-corrected chi connectivity index (χ3v) is 3.92. The molecule has 0 spiro atoms. The van der Waals surface area contributed by atoms with Crippen LogP contribution in [0.4, 0.5) is 5.69 Å². The lowest BCUT2D eigenvalue weighted by molar-refractivity contribution is -0.129. The summed E-state index contributed by atoms with van der Waals surface area (Å²) in [5, 5.41) is 2.97. The summed E-state index contributed by atoms with van der Waals surface area (Å²) in [7, 11) is 0. The highest BCUT2D eigenvalue weighted by Gasteiger charge is 2.42. The normalized spacial score (nSPS) is 16.6. The van der Waals surface area contributed by atoms with Gasteiger partial charge in [-0.2, -0.15) is 0 Å². The summed E-state index contributed by atoms with van der Waals surface area (Å²) in [5.41, 5.74) is 7.23. The Balaban J connectivity index is 2.07. The van der Waals surface area contributed by atoms with Crippen LogP contribution in [-0.4, -0.2) is 19.1 Å². The Morgan fingerprint density at radius 3 is 2.68 bits per heavy atom. The summed E-state index contributed by atoms with van der Waals surface area (Å²) in [5.74, 6) is 0.905. The van der Waals surface area contributed by atoms with E-state index >= 15 is 0 Å². The molecule has 104 valence electrons. The van der Waals surface area contributed by atoms with E-state index in [1.807, 2.05) is 32.0 Å².